The van der Waals surface area contributed by atoms with Crippen LogP contribution in [0.4, 0.5) is 10.5 Å². The molecule has 4 heterocycles. The fourth-order valence-electron chi connectivity index (χ4n) is 12.9. The molecule has 1 saturated carbocycles. The zero-order chi connectivity index (χ0) is 78.4. The number of amides is 9. The van der Waals surface area contributed by atoms with Crippen molar-refractivity contribution in [3.05, 3.63) is 101 Å². The molecule has 9 amide bonds. The predicted molar refractivity (Wildman–Crippen MR) is 406 cm³/mol. The Morgan fingerprint density at radius 2 is 1.45 bits per heavy atom. The van der Waals surface area contributed by atoms with Crippen molar-refractivity contribution >= 4 is 98.7 Å². The van der Waals surface area contributed by atoms with E-state index in [-0.39, 0.29) is 119 Å². The fraction of sp³-hybridized carbons (Fsp3) is 0.553. The van der Waals surface area contributed by atoms with Gasteiger partial charge in [0, 0.05) is 132 Å². The lowest BCUT2D eigenvalue weighted by Crippen LogP contribution is -2.47. The minimum absolute atomic E-state index is 0.0298. The van der Waals surface area contributed by atoms with Gasteiger partial charge in [-0.15, -0.1) is 16.9 Å². The van der Waals surface area contributed by atoms with Gasteiger partial charge in [0.05, 0.1) is 48.5 Å². The van der Waals surface area contributed by atoms with Crippen molar-refractivity contribution in [3.63, 3.8) is 0 Å². The van der Waals surface area contributed by atoms with Gasteiger partial charge in [0.25, 0.3) is 10.1 Å². The lowest BCUT2D eigenvalue weighted by Gasteiger charge is -2.32. The van der Waals surface area contributed by atoms with Crippen molar-refractivity contribution in [1.82, 2.24) is 57.2 Å². The Balaban J connectivity index is 0.702. The maximum absolute atomic E-state index is 14.3. The molecule has 0 bridgehead atoms. The molecule has 1 saturated heterocycles. The number of ether oxygens (including phenoxy) is 4. The number of hydrogen-bond donors (Lipinski definition) is 8. The quantitative estimate of drug-likeness (QED) is 0.00831. The van der Waals surface area contributed by atoms with Gasteiger partial charge in [0.2, 0.25) is 47.8 Å². The Morgan fingerprint density at radius 1 is 0.752 bits per heavy atom. The van der Waals surface area contributed by atoms with Crippen LogP contribution in [-0.4, -0.2) is 198 Å². The number of carbonyl (C=O) groups excluding carboxylic acids is 11. The van der Waals surface area contributed by atoms with Crippen molar-refractivity contribution in [3.8, 4) is 22.5 Å². The molecule has 33 heteroatoms. The zero-order valence-corrected chi connectivity index (χ0v) is 64.3. The summed E-state index contributed by atoms with van der Waals surface area (Å²) in [6.45, 7) is 11.5. The average molecular weight is 1550 g/mol. The number of aromatic nitrogens is 3. The molecular formula is C76H103N13O18S2. The number of para-hydroxylation sites is 1. The van der Waals surface area contributed by atoms with Crippen LogP contribution in [0.25, 0.3) is 22.5 Å². The van der Waals surface area contributed by atoms with Crippen LogP contribution in [0.5, 0.6) is 0 Å². The van der Waals surface area contributed by atoms with E-state index < -0.39 is 75.4 Å². The number of hydrazone groups is 1. The molecule has 592 valence electrons. The summed E-state index contributed by atoms with van der Waals surface area (Å²) in [6, 6.07) is 21.7. The Morgan fingerprint density at radius 3 is 2.19 bits per heavy atom. The Labute approximate surface area is 639 Å². The molecule has 31 nitrogen and oxygen atoms in total. The van der Waals surface area contributed by atoms with E-state index in [1.54, 1.807) is 36.4 Å². The summed E-state index contributed by atoms with van der Waals surface area (Å²) in [5, 5.41) is 26.7. The third-order valence-corrected chi connectivity index (χ3v) is 21.4. The Bertz CT molecular complexity index is 4020. The molecule has 5 atom stereocenters. The maximum Gasteiger partial charge on any atom is 0.407 e. The van der Waals surface area contributed by atoms with Gasteiger partial charge in [-0.25, -0.2) is 9.48 Å². The van der Waals surface area contributed by atoms with Crippen molar-refractivity contribution in [2.24, 2.45) is 22.9 Å². The van der Waals surface area contributed by atoms with Gasteiger partial charge in [-0.05, 0) is 99.0 Å². The third kappa shape index (κ3) is 26.5. The molecule has 3 aromatic carbocycles. The van der Waals surface area contributed by atoms with Gasteiger partial charge in [-0.3, -0.25) is 62.8 Å². The first kappa shape index (κ1) is 85.3. The van der Waals surface area contributed by atoms with Crippen molar-refractivity contribution in [2.75, 3.05) is 76.5 Å². The first-order valence-electron chi connectivity index (χ1n) is 37.4. The number of rotatable bonds is 44. The van der Waals surface area contributed by atoms with Crippen LogP contribution in [0, 0.1) is 17.8 Å². The second kappa shape index (κ2) is 43.2. The van der Waals surface area contributed by atoms with E-state index in [4.69, 9.17) is 24.0 Å². The summed E-state index contributed by atoms with van der Waals surface area (Å²) < 4.78 is 59.7. The summed E-state index contributed by atoms with van der Waals surface area (Å²) in [4.78, 5) is 144. The van der Waals surface area contributed by atoms with Crippen LogP contribution in [0.3, 0.4) is 0 Å². The first-order valence-corrected chi connectivity index (χ1v) is 39.9. The molecule has 1 aromatic heterocycles. The van der Waals surface area contributed by atoms with Crippen LogP contribution in [0.2, 0.25) is 0 Å². The Hall–Kier alpha value is -9.28. The lowest BCUT2D eigenvalue weighted by molar-refractivity contribution is -0.139. The number of ketones is 2. The summed E-state index contributed by atoms with van der Waals surface area (Å²) in [6.07, 6.45) is 4.26. The normalized spacial score (nSPS) is 16.8. The van der Waals surface area contributed by atoms with Crippen LogP contribution >= 0.6 is 11.8 Å². The number of benzene rings is 3. The molecular weight excluding hydrogens is 1450 g/mol. The van der Waals surface area contributed by atoms with Crippen LogP contribution < -0.4 is 42.2 Å². The number of Topliss-reactive ketones (excluding diaryl/α,β-unsaturated/α-hetero) is 2. The lowest BCUT2D eigenvalue weighted by atomic mass is 9.79. The van der Waals surface area contributed by atoms with Crippen LogP contribution in [0.15, 0.2) is 89.2 Å². The third-order valence-electron chi connectivity index (χ3n) is 19.0. The summed E-state index contributed by atoms with van der Waals surface area (Å²) in [5.74, 6) is -3.25. The largest absolute Gasteiger partial charge is 0.446 e. The van der Waals surface area contributed by atoms with Crippen molar-refractivity contribution in [1.29, 1.82) is 0 Å². The molecule has 4 aromatic rings. The predicted octanol–water partition coefficient (Wildman–Crippen LogP) is 5.97. The number of nitrogens with zero attached hydrogens (tertiary/aromatic N) is 6. The number of nitrogens with one attached hydrogen (secondary N) is 7. The molecule has 8 N–H and O–H groups in total. The van der Waals surface area contributed by atoms with Gasteiger partial charge in [0.1, 0.15) is 30.3 Å². The van der Waals surface area contributed by atoms with Gasteiger partial charge < -0.3 is 55.7 Å². The number of carbonyl (C=O) groups is 11. The smallest absolute Gasteiger partial charge is 0.407 e. The highest BCUT2D eigenvalue weighted by Crippen LogP contribution is 2.42. The Kier molecular flexibility index (Phi) is 33.8. The number of fused-ring (bicyclic) bond motifs is 6. The highest BCUT2D eigenvalue weighted by atomic mass is 32.2. The molecule has 109 heavy (non-hydrogen) atoms. The SMILES string of the molecule is CC1=C2CCC(OC(=O)NCCCOCCCNC(=O)CCN3C(=O)CC(SCC(NC=O)NC(=O)CCOCCC(C)C)C3=O)CCCC2C(c2ccc(CNC(=O)C(CNC(=O)CCC(=O)N3Cc4ccccc4-c4nnn(CC(=O)CCCOCCC(=O)C(C)C)c4-c4ccccc43)S(=O)(=O)O)cc2)=NN1. The number of allylic oxidation sites excluding steroid dienone is 2. The summed E-state index contributed by atoms with van der Waals surface area (Å²) >= 11 is 1.14. The number of thioether (sulfide) groups is 1. The van der Waals surface area contributed by atoms with Crippen LogP contribution in [0.1, 0.15) is 154 Å². The molecule has 5 unspecified atom stereocenters. The molecule has 1 aliphatic carbocycles. The summed E-state index contributed by atoms with van der Waals surface area (Å²) in [5.41, 5.74) is 10.9. The van der Waals surface area contributed by atoms with Gasteiger partial charge in [-0.2, -0.15) is 13.5 Å². The molecule has 0 spiro atoms. The van der Waals surface area contributed by atoms with Crippen LogP contribution in [-0.2, 0) is 96.6 Å². The van der Waals surface area contributed by atoms with E-state index in [9.17, 15) is 65.7 Å². The average Bonchev–Trinajstić information content (AvgIpc) is 1.67. The van der Waals surface area contributed by atoms with Crippen molar-refractivity contribution < 1.29 is 84.7 Å². The highest BCUT2D eigenvalue weighted by Gasteiger charge is 2.40. The van der Waals surface area contributed by atoms with E-state index in [1.165, 1.54) is 9.58 Å². The first-order chi connectivity index (χ1) is 52.4. The van der Waals surface area contributed by atoms with E-state index in [2.05, 4.69) is 61.5 Å². The minimum atomic E-state index is -5.04. The number of alkyl carbamates (subject to hydrolysis) is 1. The topological polar surface area (TPSA) is 413 Å². The van der Waals surface area contributed by atoms with E-state index in [0.29, 0.717) is 131 Å². The monoisotopic (exact) mass is 1550 g/mol. The second-order valence-electron chi connectivity index (χ2n) is 28.0. The second-order valence-corrected chi connectivity index (χ2v) is 30.8. The van der Waals surface area contributed by atoms with E-state index in [0.717, 1.165) is 64.0 Å². The molecule has 3 aliphatic heterocycles. The molecule has 4 aliphatic rings. The number of likely N-dealkylation sites (tertiary alicyclic amines) is 1. The fourth-order valence-corrected chi connectivity index (χ4v) is 14.6. The number of imide groups is 1. The molecule has 2 fully saturated rings. The van der Waals surface area contributed by atoms with Gasteiger partial charge >= 0.3 is 6.09 Å². The minimum Gasteiger partial charge on any atom is -0.446 e. The van der Waals surface area contributed by atoms with Crippen molar-refractivity contribution in [2.45, 2.75) is 180 Å². The number of hydrogen-bond acceptors (Lipinski definition) is 22. The van der Waals surface area contributed by atoms with E-state index >= 15 is 0 Å². The standard InChI is InChI=1S/C76H103N13O18S2/c1-49(2)30-39-106-41-32-68(95)82-65(81-48-90)47-108-63-42-70(97)87(75(63)99)35-29-67(94)77-33-12-37-104-38-13-34-78-76(100)107-56-16-10-19-59-57(26-25-56)51(5)83-84-71(59)53-23-21-52(22-24-53)43-80-74(98)64(109(101,102)103)44-79-66(93)27-28-69(96)88-45-54-14-6-7-17-58(54)72-73(60-18-8-9-20-61(60)88)89(86-85-72)46-55(91)15-11-36-105-40-31-62(92)50(3)4/h6-9,14,17-18,20-24,48-50,56,59,63-65,83H,10-13,15-16,19,25-47H2,1-5H3,(H,77,94)(H,78,100)(H,79,93)(H,80,98)(H,81,90)(H,82,95)(H,101,102,103). The molecule has 8 rings (SSSR count). The zero-order valence-electron chi connectivity index (χ0n) is 62.6. The van der Waals surface area contributed by atoms with Gasteiger partial charge in [0.15, 0.2) is 11.0 Å². The van der Waals surface area contributed by atoms with E-state index in [1.807, 2.05) is 57.2 Å². The maximum atomic E-state index is 14.3. The van der Waals surface area contributed by atoms with Gasteiger partial charge in [-0.1, -0.05) is 99.6 Å². The highest BCUT2D eigenvalue weighted by molar-refractivity contribution is 8.00. The summed E-state index contributed by atoms with van der Waals surface area (Å²) in [7, 11) is -5.04. The molecule has 0 radical (unpaired) electrons. The number of anilines is 1.